The molecule has 0 aliphatic carbocycles. The lowest BCUT2D eigenvalue weighted by Crippen LogP contribution is -2.02. The van der Waals surface area contributed by atoms with Crippen molar-refractivity contribution in [3.8, 4) is 11.5 Å². The van der Waals surface area contributed by atoms with Gasteiger partial charge in [-0.15, -0.1) is 0 Å². The number of hydrogen-bond acceptors (Lipinski definition) is 5. The van der Waals surface area contributed by atoms with Crippen molar-refractivity contribution < 1.29 is 4.74 Å². The summed E-state index contributed by atoms with van der Waals surface area (Å²) in [5.41, 5.74) is 8.26. The lowest BCUT2D eigenvalue weighted by Gasteiger charge is -2.02. The third-order valence-electron chi connectivity index (χ3n) is 2.34. The van der Waals surface area contributed by atoms with Crippen LogP contribution in [0.1, 0.15) is 11.3 Å². The number of imidazole rings is 1. The highest BCUT2D eigenvalue weighted by molar-refractivity contribution is 5.54. The van der Waals surface area contributed by atoms with Gasteiger partial charge in [0.1, 0.15) is 11.5 Å². The van der Waals surface area contributed by atoms with Gasteiger partial charge in [0.15, 0.2) is 5.82 Å². The van der Waals surface area contributed by atoms with Crippen molar-refractivity contribution in [2.45, 2.75) is 13.2 Å². The summed E-state index contributed by atoms with van der Waals surface area (Å²) in [4.78, 5) is 15.5. The molecule has 0 amide bonds. The van der Waals surface area contributed by atoms with Gasteiger partial charge in [-0.3, -0.25) is 0 Å². The van der Waals surface area contributed by atoms with Crippen LogP contribution in [0.4, 0.5) is 5.82 Å². The predicted molar refractivity (Wildman–Crippen MR) is 52.5 cm³/mol. The molecule has 6 heteroatoms. The van der Waals surface area contributed by atoms with E-state index in [2.05, 4.69) is 19.9 Å². The maximum absolute atomic E-state index is 5.81. The predicted octanol–water partition coefficient (Wildman–Crippen LogP) is 0.479. The Hall–Kier alpha value is -1.95. The highest BCUT2D eigenvalue weighted by atomic mass is 16.5. The Kier molecular flexibility index (Phi) is 1.69. The van der Waals surface area contributed by atoms with Crippen molar-refractivity contribution in [1.82, 2.24) is 19.9 Å². The van der Waals surface area contributed by atoms with E-state index in [9.17, 15) is 0 Å². The number of H-pyrrole nitrogens is 1. The monoisotopic (exact) mass is 203 g/mol. The normalized spacial score (nSPS) is 14.1. The number of aromatic amines is 1. The first-order valence-electron chi connectivity index (χ1n) is 4.57. The van der Waals surface area contributed by atoms with Gasteiger partial charge >= 0.3 is 0 Å². The van der Waals surface area contributed by atoms with Crippen LogP contribution in [0.2, 0.25) is 0 Å². The van der Waals surface area contributed by atoms with E-state index in [0.29, 0.717) is 30.5 Å². The van der Waals surface area contributed by atoms with Gasteiger partial charge in [0, 0.05) is 11.8 Å². The molecular weight excluding hydrogens is 194 g/mol. The number of nitrogen functional groups attached to an aromatic ring is 1. The Morgan fingerprint density at radius 1 is 1.33 bits per heavy atom. The summed E-state index contributed by atoms with van der Waals surface area (Å²) in [6.45, 7) is 1.00. The molecule has 2 aromatic rings. The molecule has 0 radical (unpaired) electrons. The van der Waals surface area contributed by atoms with Crippen LogP contribution in [0.5, 0.6) is 0 Å². The number of fused-ring (bicyclic) bond motifs is 1. The van der Waals surface area contributed by atoms with E-state index in [-0.39, 0.29) is 0 Å². The number of nitrogens with two attached hydrogens (primary N) is 1. The first-order chi connectivity index (χ1) is 7.34. The van der Waals surface area contributed by atoms with E-state index >= 15 is 0 Å². The lowest BCUT2D eigenvalue weighted by atomic mass is 10.2. The molecule has 3 N–H and O–H groups in total. The van der Waals surface area contributed by atoms with Crippen molar-refractivity contribution in [3.63, 3.8) is 0 Å². The summed E-state index contributed by atoms with van der Waals surface area (Å²) in [6.07, 6.45) is 3.32. The first-order valence-corrected chi connectivity index (χ1v) is 4.57. The van der Waals surface area contributed by atoms with E-state index in [1.165, 1.54) is 0 Å². The minimum atomic E-state index is 0.482. The zero-order valence-electron chi connectivity index (χ0n) is 7.90. The number of rotatable bonds is 1. The Bertz CT molecular complexity index is 493. The molecule has 0 unspecified atom stereocenters. The largest absolute Gasteiger partial charge is 0.383 e. The molecule has 0 fully saturated rings. The van der Waals surface area contributed by atoms with Crippen LogP contribution < -0.4 is 5.73 Å². The second kappa shape index (κ2) is 3.03. The third kappa shape index (κ3) is 1.26. The van der Waals surface area contributed by atoms with Crippen molar-refractivity contribution in [3.05, 3.63) is 23.8 Å². The Balaban J connectivity index is 2.15. The molecule has 3 heterocycles. The molecule has 0 aromatic carbocycles. The minimum Gasteiger partial charge on any atom is -0.383 e. The van der Waals surface area contributed by atoms with E-state index in [0.717, 1.165) is 11.3 Å². The zero-order chi connectivity index (χ0) is 10.3. The molecule has 0 saturated carbocycles. The smallest absolute Gasteiger partial charge is 0.182 e. The average Bonchev–Trinajstić information content (AvgIpc) is 2.88. The number of nitrogens with zero attached hydrogens (tertiary/aromatic N) is 3. The number of hydrogen-bond donors (Lipinski definition) is 2. The molecule has 15 heavy (non-hydrogen) atoms. The summed E-state index contributed by atoms with van der Waals surface area (Å²) < 4.78 is 5.26. The highest BCUT2D eigenvalue weighted by Crippen LogP contribution is 2.24. The van der Waals surface area contributed by atoms with E-state index in [4.69, 9.17) is 10.5 Å². The summed E-state index contributed by atoms with van der Waals surface area (Å²) in [6, 6.07) is 0. The second-order valence-electron chi connectivity index (χ2n) is 3.30. The summed E-state index contributed by atoms with van der Waals surface area (Å²) >= 11 is 0. The summed E-state index contributed by atoms with van der Waals surface area (Å²) in [5, 5.41) is 0. The molecule has 2 aromatic heterocycles. The van der Waals surface area contributed by atoms with Crippen molar-refractivity contribution >= 4 is 5.82 Å². The molecule has 6 nitrogen and oxygen atoms in total. The standard InChI is InChI=1S/C9H9N5O/c10-8-5-2-15-3-7(5)13-9(14-8)6-1-11-4-12-6/h1,4H,2-3H2,(H,11,12)(H2,10,13,14). The van der Waals surface area contributed by atoms with E-state index in [1.807, 2.05) is 0 Å². The van der Waals surface area contributed by atoms with Gasteiger partial charge in [-0.05, 0) is 0 Å². The Labute approximate surface area is 85.5 Å². The van der Waals surface area contributed by atoms with Crippen LogP contribution in [0, 0.1) is 0 Å². The fraction of sp³-hybridized carbons (Fsp3) is 0.222. The molecule has 0 saturated heterocycles. The van der Waals surface area contributed by atoms with Gasteiger partial charge in [0.25, 0.3) is 0 Å². The highest BCUT2D eigenvalue weighted by Gasteiger charge is 2.19. The molecule has 3 rings (SSSR count). The molecule has 0 bridgehead atoms. The number of nitrogens with one attached hydrogen (secondary N) is 1. The fourth-order valence-electron chi connectivity index (χ4n) is 1.57. The summed E-state index contributed by atoms with van der Waals surface area (Å²) in [5.74, 6) is 1.02. The SMILES string of the molecule is Nc1nc(-c2c[nH]cn2)nc2c1COC2. The van der Waals surface area contributed by atoms with Crippen molar-refractivity contribution in [2.75, 3.05) is 5.73 Å². The van der Waals surface area contributed by atoms with E-state index in [1.54, 1.807) is 12.5 Å². The number of ether oxygens (including phenoxy) is 1. The van der Waals surface area contributed by atoms with Crippen LogP contribution in [0.25, 0.3) is 11.5 Å². The van der Waals surface area contributed by atoms with Gasteiger partial charge < -0.3 is 15.5 Å². The van der Waals surface area contributed by atoms with Crippen LogP contribution in [-0.4, -0.2) is 19.9 Å². The van der Waals surface area contributed by atoms with Gasteiger partial charge in [0.05, 0.1) is 25.2 Å². The topological polar surface area (TPSA) is 89.7 Å². The Morgan fingerprint density at radius 2 is 2.27 bits per heavy atom. The minimum absolute atomic E-state index is 0.482. The molecule has 0 spiro atoms. The van der Waals surface area contributed by atoms with Crippen molar-refractivity contribution in [2.24, 2.45) is 0 Å². The zero-order valence-corrected chi connectivity index (χ0v) is 7.90. The quantitative estimate of drug-likeness (QED) is 0.703. The molecule has 76 valence electrons. The molecule has 1 aliphatic rings. The number of aromatic nitrogens is 4. The van der Waals surface area contributed by atoms with Gasteiger partial charge in [-0.1, -0.05) is 0 Å². The molecular formula is C9H9N5O. The third-order valence-corrected chi connectivity index (χ3v) is 2.34. The fourth-order valence-corrected chi connectivity index (χ4v) is 1.57. The van der Waals surface area contributed by atoms with Gasteiger partial charge in [0.2, 0.25) is 0 Å². The lowest BCUT2D eigenvalue weighted by molar-refractivity contribution is 0.133. The van der Waals surface area contributed by atoms with E-state index < -0.39 is 0 Å². The average molecular weight is 203 g/mol. The van der Waals surface area contributed by atoms with Crippen LogP contribution in [0.15, 0.2) is 12.5 Å². The Morgan fingerprint density at radius 3 is 3.07 bits per heavy atom. The molecule has 1 aliphatic heterocycles. The van der Waals surface area contributed by atoms with Crippen LogP contribution in [-0.2, 0) is 18.0 Å². The van der Waals surface area contributed by atoms with Crippen LogP contribution >= 0.6 is 0 Å². The maximum Gasteiger partial charge on any atom is 0.182 e. The van der Waals surface area contributed by atoms with Crippen LogP contribution in [0.3, 0.4) is 0 Å². The van der Waals surface area contributed by atoms with Gasteiger partial charge in [-0.2, -0.15) is 0 Å². The van der Waals surface area contributed by atoms with Gasteiger partial charge in [-0.25, -0.2) is 15.0 Å². The van der Waals surface area contributed by atoms with Crippen molar-refractivity contribution in [1.29, 1.82) is 0 Å². The first kappa shape index (κ1) is 8.37. The molecule has 0 atom stereocenters. The number of anilines is 1. The maximum atomic E-state index is 5.81. The second-order valence-corrected chi connectivity index (χ2v) is 3.30. The summed E-state index contributed by atoms with van der Waals surface area (Å²) in [7, 11) is 0.